The van der Waals surface area contributed by atoms with Crippen molar-refractivity contribution in [1.29, 1.82) is 0 Å². The van der Waals surface area contributed by atoms with Gasteiger partial charge in [-0.05, 0) is 44.4 Å². The Hall–Kier alpha value is -2.95. The van der Waals surface area contributed by atoms with Gasteiger partial charge in [0.1, 0.15) is 24.0 Å². The zero-order valence-electron chi connectivity index (χ0n) is 16.1. The van der Waals surface area contributed by atoms with Crippen LogP contribution in [0.5, 0.6) is 0 Å². The second-order valence-corrected chi connectivity index (χ2v) is 7.39. The molecule has 4 rings (SSSR count). The van der Waals surface area contributed by atoms with Crippen molar-refractivity contribution in [2.45, 2.75) is 45.6 Å². The summed E-state index contributed by atoms with van der Waals surface area (Å²) >= 11 is 0. The molecule has 2 aromatic rings. The number of aryl methyl sites for hydroxylation is 1. The maximum absolute atomic E-state index is 13.1. The standard InChI is InChI=1S/C23H23NO4/c1-14-11-12-19(28-14)22-20(23(26)27-13-16-7-4-3-5-8-16)15(2)24-17-9-6-10-18(25)21(17)22/h3-5,7-8,11-12,20,22H,6,9-10,13H2,1-2H3/t20-,22-/m0/s1. The van der Waals surface area contributed by atoms with E-state index in [4.69, 9.17) is 9.15 Å². The number of rotatable bonds is 4. The van der Waals surface area contributed by atoms with Gasteiger partial charge in [-0.1, -0.05) is 30.3 Å². The van der Waals surface area contributed by atoms with E-state index >= 15 is 0 Å². The molecule has 2 heterocycles. The van der Waals surface area contributed by atoms with Crippen LogP contribution in [0, 0.1) is 12.8 Å². The molecule has 2 aliphatic rings. The number of Topliss-reactive ketones (excluding diaryl/α,β-unsaturated/α-hetero) is 1. The molecule has 1 aromatic carbocycles. The van der Waals surface area contributed by atoms with Crippen LogP contribution in [0.2, 0.25) is 0 Å². The van der Waals surface area contributed by atoms with Crippen molar-refractivity contribution in [2.24, 2.45) is 10.9 Å². The zero-order chi connectivity index (χ0) is 19.7. The molecule has 0 bridgehead atoms. The fourth-order valence-corrected chi connectivity index (χ4v) is 4.06. The van der Waals surface area contributed by atoms with Gasteiger partial charge in [-0.2, -0.15) is 0 Å². The maximum Gasteiger partial charge on any atom is 0.316 e. The van der Waals surface area contributed by atoms with Gasteiger partial charge in [0, 0.05) is 23.4 Å². The molecule has 0 amide bonds. The molecule has 1 aliphatic carbocycles. The Bertz CT molecular complexity index is 967. The number of ketones is 1. The molecule has 0 saturated heterocycles. The fraction of sp³-hybridized carbons (Fsp3) is 0.348. The van der Waals surface area contributed by atoms with Crippen molar-refractivity contribution < 1.29 is 18.7 Å². The second kappa shape index (κ2) is 7.58. The molecule has 28 heavy (non-hydrogen) atoms. The van der Waals surface area contributed by atoms with Gasteiger partial charge in [-0.3, -0.25) is 14.6 Å². The van der Waals surface area contributed by atoms with E-state index in [0.29, 0.717) is 23.5 Å². The molecule has 1 aliphatic heterocycles. The Morgan fingerprint density at radius 1 is 1.14 bits per heavy atom. The molecule has 5 heteroatoms. The van der Waals surface area contributed by atoms with Crippen molar-refractivity contribution in [3.8, 4) is 0 Å². The Morgan fingerprint density at radius 2 is 1.93 bits per heavy atom. The van der Waals surface area contributed by atoms with Crippen LogP contribution in [0.15, 0.2) is 63.1 Å². The smallest absolute Gasteiger partial charge is 0.316 e. The predicted molar refractivity (Wildman–Crippen MR) is 105 cm³/mol. The van der Waals surface area contributed by atoms with E-state index in [0.717, 1.165) is 29.9 Å². The van der Waals surface area contributed by atoms with E-state index < -0.39 is 11.8 Å². The summed E-state index contributed by atoms with van der Waals surface area (Å²) < 4.78 is 11.5. The molecule has 0 radical (unpaired) electrons. The van der Waals surface area contributed by atoms with E-state index in [2.05, 4.69) is 4.99 Å². The maximum atomic E-state index is 13.1. The van der Waals surface area contributed by atoms with E-state index in [1.165, 1.54) is 0 Å². The van der Waals surface area contributed by atoms with E-state index in [9.17, 15) is 9.59 Å². The summed E-state index contributed by atoms with van der Waals surface area (Å²) in [6, 6.07) is 13.3. The summed E-state index contributed by atoms with van der Waals surface area (Å²) in [5, 5.41) is 0. The molecule has 1 aromatic heterocycles. The van der Waals surface area contributed by atoms with Crippen LogP contribution in [-0.4, -0.2) is 17.5 Å². The van der Waals surface area contributed by atoms with E-state index in [1.807, 2.05) is 56.3 Å². The van der Waals surface area contributed by atoms with E-state index in [1.54, 1.807) is 0 Å². The first kappa shape index (κ1) is 18.4. The summed E-state index contributed by atoms with van der Waals surface area (Å²) in [7, 11) is 0. The quantitative estimate of drug-likeness (QED) is 0.735. The Kier molecular flexibility index (Phi) is 4.99. The second-order valence-electron chi connectivity index (χ2n) is 7.39. The van der Waals surface area contributed by atoms with Crippen LogP contribution >= 0.6 is 0 Å². The lowest BCUT2D eigenvalue weighted by molar-refractivity contribution is -0.148. The molecular formula is C23H23NO4. The van der Waals surface area contributed by atoms with E-state index in [-0.39, 0.29) is 18.4 Å². The van der Waals surface area contributed by atoms with Gasteiger partial charge in [-0.15, -0.1) is 0 Å². The highest BCUT2D eigenvalue weighted by atomic mass is 16.5. The van der Waals surface area contributed by atoms with Gasteiger partial charge >= 0.3 is 5.97 Å². The Balaban J connectivity index is 1.68. The highest BCUT2D eigenvalue weighted by Crippen LogP contribution is 2.44. The van der Waals surface area contributed by atoms with Crippen molar-refractivity contribution in [3.63, 3.8) is 0 Å². The molecular weight excluding hydrogens is 354 g/mol. The van der Waals surface area contributed by atoms with Gasteiger partial charge in [0.05, 0.1) is 5.92 Å². The third-order valence-corrected chi connectivity index (χ3v) is 5.38. The van der Waals surface area contributed by atoms with Crippen molar-refractivity contribution >= 4 is 17.5 Å². The average molecular weight is 377 g/mol. The van der Waals surface area contributed by atoms with Crippen LogP contribution in [0.1, 0.15) is 49.2 Å². The van der Waals surface area contributed by atoms with Crippen molar-refractivity contribution in [3.05, 3.63) is 70.8 Å². The van der Waals surface area contributed by atoms with Gasteiger partial charge < -0.3 is 9.15 Å². The molecule has 5 nitrogen and oxygen atoms in total. The SMILES string of the molecule is CC1=NC2=C(C(=O)CCC2)[C@@H](c2ccc(C)o2)[C@H]1C(=O)OCc1ccccc1. The summed E-state index contributed by atoms with van der Waals surface area (Å²) in [6.07, 6.45) is 2.03. The van der Waals surface area contributed by atoms with Crippen LogP contribution in [0.3, 0.4) is 0 Å². The number of nitrogens with zero attached hydrogens (tertiary/aromatic N) is 1. The lowest BCUT2D eigenvalue weighted by atomic mass is 9.74. The van der Waals surface area contributed by atoms with Gasteiger partial charge in [-0.25, -0.2) is 0 Å². The largest absolute Gasteiger partial charge is 0.466 e. The fourth-order valence-electron chi connectivity index (χ4n) is 4.06. The van der Waals surface area contributed by atoms with Gasteiger partial charge in [0.15, 0.2) is 5.78 Å². The zero-order valence-corrected chi connectivity index (χ0v) is 16.1. The lowest BCUT2D eigenvalue weighted by Gasteiger charge is -2.33. The summed E-state index contributed by atoms with van der Waals surface area (Å²) in [5.41, 5.74) is 3.00. The average Bonchev–Trinajstić information content (AvgIpc) is 3.12. The molecule has 0 unspecified atom stereocenters. The highest BCUT2D eigenvalue weighted by Gasteiger charge is 2.44. The predicted octanol–water partition coefficient (Wildman–Crippen LogP) is 4.51. The first-order valence-corrected chi connectivity index (χ1v) is 9.63. The topological polar surface area (TPSA) is 68.9 Å². The summed E-state index contributed by atoms with van der Waals surface area (Å²) in [5.74, 6) is -0.0908. The Labute approximate surface area is 164 Å². The van der Waals surface area contributed by atoms with Crippen molar-refractivity contribution in [2.75, 3.05) is 0 Å². The van der Waals surface area contributed by atoms with Gasteiger partial charge in [0.2, 0.25) is 0 Å². The number of allylic oxidation sites excluding steroid dienone is 2. The molecule has 2 atom stereocenters. The number of carbonyl (C=O) groups excluding carboxylic acids is 2. The van der Waals surface area contributed by atoms with Crippen LogP contribution in [0.4, 0.5) is 0 Å². The monoisotopic (exact) mass is 377 g/mol. The number of carbonyl (C=O) groups is 2. The number of aliphatic imine (C=N–C) groups is 1. The first-order valence-electron chi connectivity index (χ1n) is 9.63. The number of hydrogen-bond donors (Lipinski definition) is 0. The Morgan fingerprint density at radius 3 is 2.64 bits per heavy atom. The normalized spacial score (nSPS) is 21.9. The number of ether oxygens (including phenoxy) is 1. The summed E-state index contributed by atoms with van der Waals surface area (Å²) in [6.45, 7) is 3.88. The molecule has 0 spiro atoms. The summed E-state index contributed by atoms with van der Waals surface area (Å²) in [4.78, 5) is 30.5. The first-order chi connectivity index (χ1) is 13.5. The molecule has 0 fully saturated rings. The molecule has 0 N–H and O–H groups in total. The molecule has 0 saturated carbocycles. The number of furan rings is 1. The van der Waals surface area contributed by atoms with Crippen molar-refractivity contribution in [1.82, 2.24) is 0 Å². The highest BCUT2D eigenvalue weighted by molar-refractivity contribution is 6.08. The number of benzene rings is 1. The minimum absolute atomic E-state index is 0.0532. The number of esters is 1. The van der Waals surface area contributed by atoms with Gasteiger partial charge in [0.25, 0.3) is 0 Å². The van der Waals surface area contributed by atoms with Crippen LogP contribution < -0.4 is 0 Å². The minimum atomic E-state index is -0.657. The minimum Gasteiger partial charge on any atom is -0.466 e. The van der Waals surface area contributed by atoms with Crippen LogP contribution in [-0.2, 0) is 20.9 Å². The molecule has 144 valence electrons. The number of hydrogen-bond acceptors (Lipinski definition) is 5. The lowest BCUT2D eigenvalue weighted by Crippen LogP contribution is -2.37. The van der Waals surface area contributed by atoms with Crippen LogP contribution in [0.25, 0.3) is 0 Å². The third-order valence-electron chi connectivity index (χ3n) is 5.38. The third kappa shape index (κ3) is 3.44.